The molecule has 0 bridgehead atoms. The van der Waals surface area contributed by atoms with Crippen LogP contribution in [0.15, 0.2) is 6.07 Å². The van der Waals surface area contributed by atoms with E-state index in [2.05, 4.69) is 9.97 Å². The Bertz CT molecular complexity index is 332. The van der Waals surface area contributed by atoms with Gasteiger partial charge in [0.1, 0.15) is 11.6 Å². The number of aromatic nitrogens is 2. The second-order valence-electron chi connectivity index (χ2n) is 3.26. The highest BCUT2D eigenvalue weighted by Crippen LogP contribution is 2.18. The molecule has 5 nitrogen and oxygen atoms in total. The van der Waals surface area contributed by atoms with Crippen molar-refractivity contribution < 1.29 is 9.90 Å². The van der Waals surface area contributed by atoms with Crippen LogP contribution in [0.4, 0.5) is 5.82 Å². The molecule has 5 heteroatoms. The summed E-state index contributed by atoms with van der Waals surface area (Å²) in [6.45, 7) is 3.53. The van der Waals surface area contributed by atoms with Gasteiger partial charge in [0.15, 0.2) is 0 Å². The third-order valence-corrected chi connectivity index (χ3v) is 1.86. The van der Waals surface area contributed by atoms with Crippen LogP contribution >= 0.6 is 0 Å². The third-order valence-electron chi connectivity index (χ3n) is 1.86. The maximum absolute atomic E-state index is 10.5. The lowest BCUT2D eigenvalue weighted by Crippen LogP contribution is -2.07. The van der Waals surface area contributed by atoms with Crippen molar-refractivity contribution in [1.29, 1.82) is 0 Å². The van der Waals surface area contributed by atoms with Gasteiger partial charge in [0.2, 0.25) is 0 Å². The summed E-state index contributed by atoms with van der Waals surface area (Å²) in [4.78, 5) is 18.5. The second-order valence-corrected chi connectivity index (χ2v) is 3.26. The molecule has 3 N–H and O–H groups in total. The Kier molecular flexibility index (Phi) is 3.01. The van der Waals surface area contributed by atoms with Gasteiger partial charge in [0.25, 0.3) is 0 Å². The van der Waals surface area contributed by atoms with Gasteiger partial charge >= 0.3 is 5.97 Å². The highest BCUT2D eigenvalue weighted by Gasteiger charge is 2.12. The molecule has 0 saturated carbocycles. The summed E-state index contributed by atoms with van der Waals surface area (Å²) in [5.41, 5.74) is 6.21. The lowest BCUT2D eigenvalue weighted by molar-refractivity contribution is -0.137. The molecule has 76 valence electrons. The molecule has 0 radical (unpaired) electrons. The Balaban J connectivity index is 2.89. The Morgan fingerprint density at radius 1 is 1.64 bits per heavy atom. The van der Waals surface area contributed by atoms with Gasteiger partial charge in [0, 0.05) is 17.7 Å². The molecule has 1 rings (SSSR count). The predicted octanol–water partition coefficient (Wildman–Crippen LogP) is 0.945. The van der Waals surface area contributed by atoms with E-state index in [0.717, 1.165) is 0 Å². The molecule has 1 heterocycles. The molecular formula is C9H13N3O2. The zero-order valence-electron chi connectivity index (χ0n) is 8.19. The van der Waals surface area contributed by atoms with E-state index in [-0.39, 0.29) is 12.3 Å². The summed E-state index contributed by atoms with van der Waals surface area (Å²) in [5, 5.41) is 8.61. The van der Waals surface area contributed by atoms with E-state index in [1.165, 1.54) is 0 Å². The van der Waals surface area contributed by atoms with Gasteiger partial charge in [-0.3, -0.25) is 4.79 Å². The number of rotatable bonds is 3. The first-order valence-electron chi connectivity index (χ1n) is 4.32. The van der Waals surface area contributed by atoms with Gasteiger partial charge in [0.05, 0.1) is 6.42 Å². The first-order chi connectivity index (χ1) is 6.49. The van der Waals surface area contributed by atoms with Crippen LogP contribution in [0.5, 0.6) is 0 Å². The number of aryl methyl sites for hydroxylation is 1. The smallest absolute Gasteiger partial charge is 0.304 e. The fourth-order valence-corrected chi connectivity index (χ4v) is 1.23. The fourth-order valence-electron chi connectivity index (χ4n) is 1.23. The van der Waals surface area contributed by atoms with Crippen LogP contribution in [0.25, 0.3) is 0 Å². The second kappa shape index (κ2) is 4.04. The summed E-state index contributed by atoms with van der Waals surface area (Å²) >= 11 is 0. The normalized spacial score (nSPS) is 12.4. The minimum atomic E-state index is -0.840. The van der Waals surface area contributed by atoms with E-state index in [1.54, 1.807) is 19.9 Å². The van der Waals surface area contributed by atoms with E-state index in [1.807, 2.05) is 0 Å². The average molecular weight is 195 g/mol. The number of hydrogen-bond donors (Lipinski definition) is 2. The topological polar surface area (TPSA) is 89.1 Å². The van der Waals surface area contributed by atoms with Crippen molar-refractivity contribution in [2.45, 2.75) is 26.2 Å². The van der Waals surface area contributed by atoms with Gasteiger partial charge in [-0.2, -0.15) is 0 Å². The molecule has 0 aliphatic carbocycles. The van der Waals surface area contributed by atoms with Crippen LogP contribution in [-0.2, 0) is 4.79 Å². The first kappa shape index (κ1) is 10.4. The molecular weight excluding hydrogens is 182 g/mol. The van der Waals surface area contributed by atoms with Gasteiger partial charge in [-0.25, -0.2) is 9.97 Å². The van der Waals surface area contributed by atoms with Crippen molar-refractivity contribution >= 4 is 11.8 Å². The van der Waals surface area contributed by atoms with E-state index < -0.39 is 5.97 Å². The van der Waals surface area contributed by atoms with Crippen molar-refractivity contribution in [1.82, 2.24) is 9.97 Å². The van der Waals surface area contributed by atoms with Crippen molar-refractivity contribution in [2.75, 3.05) is 5.73 Å². The van der Waals surface area contributed by atoms with Crippen LogP contribution in [0.1, 0.15) is 30.8 Å². The Morgan fingerprint density at radius 2 is 2.29 bits per heavy atom. The number of carboxylic acid groups (broad SMARTS) is 1. The van der Waals surface area contributed by atoms with Gasteiger partial charge in [-0.05, 0) is 6.92 Å². The lowest BCUT2D eigenvalue weighted by atomic mass is 10.0. The molecule has 1 atom stereocenters. The summed E-state index contributed by atoms with van der Waals surface area (Å²) in [6, 6.07) is 1.61. The van der Waals surface area contributed by atoms with Crippen molar-refractivity contribution in [2.24, 2.45) is 0 Å². The number of anilines is 1. The summed E-state index contributed by atoms with van der Waals surface area (Å²) in [7, 11) is 0. The number of carbonyl (C=O) groups is 1. The molecule has 0 spiro atoms. The summed E-state index contributed by atoms with van der Waals surface area (Å²) in [5.74, 6) is -0.0363. The molecule has 1 aromatic rings. The zero-order chi connectivity index (χ0) is 10.7. The van der Waals surface area contributed by atoms with E-state index >= 15 is 0 Å². The van der Waals surface area contributed by atoms with Crippen LogP contribution in [-0.4, -0.2) is 21.0 Å². The van der Waals surface area contributed by atoms with Crippen LogP contribution in [0, 0.1) is 6.92 Å². The van der Waals surface area contributed by atoms with Gasteiger partial charge in [-0.15, -0.1) is 0 Å². The van der Waals surface area contributed by atoms with E-state index in [9.17, 15) is 4.79 Å². The summed E-state index contributed by atoms with van der Waals surface area (Å²) in [6.07, 6.45) is 0.0515. The number of hydrogen-bond acceptors (Lipinski definition) is 4. The van der Waals surface area contributed by atoms with Crippen LogP contribution in [0.3, 0.4) is 0 Å². The molecule has 0 amide bonds. The Morgan fingerprint density at radius 3 is 2.79 bits per heavy atom. The molecule has 14 heavy (non-hydrogen) atoms. The van der Waals surface area contributed by atoms with E-state index in [4.69, 9.17) is 10.8 Å². The maximum Gasteiger partial charge on any atom is 0.304 e. The zero-order valence-corrected chi connectivity index (χ0v) is 8.19. The first-order valence-corrected chi connectivity index (χ1v) is 4.32. The predicted molar refractivity (Wildman–Crippen MR) is 51.8 cm³/mol. The average Bonchev–Trinajstić information content (AvgIpc) is 2.00. The Hall–Kier alpha value is -1.65. The van der Waals surface area contributed by atoms with E-state index in [0.29, 0.717) is 17.3 Å². The molecule has 0 aromatic carbocycles. The van der Waals surface area contributed by atoms with Crippen molar-refractivity contribution in [3.05, 3.63) is 17.6 Å². The maximum atomic E-state index is 10.5. The third kappa shape index (κ3) is 2.69. The van der Waals surface area contributed by atoms with Crippen molar-refractivity contribution in [3.63, 3.8) is 0 Å². The minimum absolute atomic E-state index is 0.0515. The van der Waals surface area contributed by atoms with Crippen LogP contribution < -0.4 is 5.73 Å². The number of carboxylic acids is 1. The molecule has 1 aromatic heterocycles. The Labute approximate surface area is 82.0 Å². The molecule has 0 fully saturated rings. The molecule has 0 aliphatic rings. The van der Waals surface area contributed by atoms with Crippen molar-refractivity contribution in [3.8, 4) is 0 Å². The largest absolute Gasteiger partial charge is 0.481 e. The highest BCUT2D eigenvalue weighted by molar-refractivity contribution is 5.67. The fraction of sp³-hybridized carbons (Fsp3) is 0.444. The number of nitrogen functional groups attached to an aromatic ring is 1. The van der Waals surface area contributed by atoms with Gasteiger partial charge in [-0.1, -0.05) is 6.92 Å². The molecule has 1 unspecified atom stereocenters. The minimum Gasteiger partial charge on any atom is -0.481 e. The standard InChI is InChI=1S/C9H13N3O2/c1-5(3-9(13)14)7-4-8(10)12-6(2)11-7/h4-5H,3H2,1-2H3,(H,13,14)(H2,10,11,12). The summed E-state index contributed by atoms with van der Waals surface area (Å²) < 4.78 is 0. The molecule has 0 saturated heterocycles. The number of nitrogens with zero attached hydrogens (tertiary/aromatic N) is 2. The highest BCUT2D eigenvalue weighted by atomic mass is 16.4. The monoisotopic (exact) mass is 195 g/mol. The van der Waals surface area contributed by atoms with Crippen LogP contribution in [0.2, 0.25) is 0 Å². The van der Waals surface area contributed by atoms with Gasteiger partial charge < -0.3 is 10.8 Å². The number of nitrogens with two attached hydrogens (primary N) is 1. The quantitative estimate of drug-likeness (QED) is 0.749. The number of aliphatic carboxylic acids is 1. The molecule has 0 aliphatic heterocycles. The SMILES string of the molecule is Cc1nc(N)cc(C(C)CC(=O)O)n1. The lowest BCUT2D eigenvalue weighted by Gasteiger charge is -2.08.